The summed E-state index contributed by atoms with van der Waals surface area (Å²) in [5.41, 5.74) is 2.74. The number of nitrogens with zero attached hydrogens (tertiary/aromatic N) is 5. The van der Waals surface area contributed by atoms with Gasteiger partial charge in [-0.15, -0.1) is 0 Å². The Labute approximate surface area is 224 Å². The molecule has 2 heterocycles. The van der Waals surface area contributed by atoms with Crippen LogP contribution < -0.4 is 10.2 Å². The third-order valence-corrected chi connectivity index (χ3v) is 6.76. The summed E-state index contributed by atoms with van der Waals surface area (Å²) in [6, 6.07) is 25.7. The van der Waals surface area contributed by atoms with E-state index in [2.05, 4.69) is 44.5 Å². The number of nitrogens with one attached hydrogen (secondary N) is 1. The van der Waals surface area contributed by atoms with E-state index in [0.717, 1.165) is 0 Å². The number of rotatable bonds is 7. The third kappa shape index (κ3) is 5.67. The first-order valence-electron chi connectivity index (χ1n) is 11.8. The lowest BCUT2D eigenvalue weighted by atomic mass is 9.96. The lowest BCUT2D eigenvalue weighted by Gasteiger charge is -2.40. The highest BCUT2D eigenvalue weighted by atomic mass is 35.5. The number of aromatic nitrogens is 2. The molecule has 4 aromatic rings. The van der Waals surface area contributed by atoms with Crippen molar-refractivity contribution < 1.29 is 4.92 Å². The summed E-state index contributed by atoms with van der Waals surface area (Å²) in [7, 11) is 0. The van der Waals surface area contributed by atoms with Crippen molar-refractivity contribution in [3.8, 4) is 0 Å². The van der Waals surface area contributed by atoms with Gasteiger partial charge in [0.1, 0.15) is 6.33 Å². The molecular weight excluding hydrogens is 511 g/mol. The van der Waals surface area contributed by atoms with Gasteiger partial charge >= 0.3 is 5.69 Å². The van der Waals surface area contributed by atoms with Crippen molar-refractivity contribution in [1.29, 1.82) is 0 Å². The predicted octanol–water partition coefficient (Wildman–Crippen LogP) is 6.35. The smallest absolute Gasteiger partial charge is 0.348 e. The Bertz CT molecular complexity index is 1320. The molecule has 1 N–H and O–H groups in total. The fourth-order valence-corrected chi connectivity index (χ4v) is 5.23. The molecule has 3 aromatic carbocycles. The van der Waals surface area contributed by atoms with Crippen molar-refractivity contribution >= 4 is 46.2 Å². The first kappa shape index (κ1) is 25.0. The number of anilines is 3. The zero-order valence-corrected chi connectivity index (χ0v) is 21.3. The highest BCUT2D eigenvalue weighted by Crippen LogP contribution is 2.36. The first-order chi connectivity index (χ1) is 18.0. The van der Waals surface area contributed by atoms with Crippen LogP contribution in [0.3, 0.4) is 0 Å². The van der Waals surface area contributed by atoms with Crippen LogP contribution in [0.4, 0.5) is 23.0 Å². The minimum atomic E-state index is -0.451. The summed E-state index contributed by atoms with van der Waals surface area (Å²) in [4.78, 5) is 24.5. The van der Waals surface area contributed by atoms with E-state index < -0.39 is 4.92 Å². The van der Waals surface area contributed by atoms with Crippen LogP contribution in [-0.2, 0) is 0 Å². The molecule has 37 heavy (non-hydrogen) atoms. The van der Waals surface area contributed by atoms with Crippen molar-refractivity contribution in [3.05, 3.63) is 116 Å². The van der Waals surface area contributed by atoms with Crippen molar-refractivity contribution in [1.82, 2.24) is 14.9 Å². The lowest BCUT2D eigenvalue weighted by molar-refractivity contribution is -0.383. The van der Waals surface area contributed by atoms with Crippen molar-refractivity contribution in [3.63, 3.8) is 0 Å². The third-order valence-electron chi connectivity index (χ3n) is 6.32. The highest BCUT2D eigenvalue weighted by Gasteiger charge is 2.32. The topological polar surface area (TPSA) is 87.4 Å². The Kier molecular flexibility index (Phi) is 7.50. The van der Waals surface area contributed by atoms with Gasteiger partial charge in [-0.25, -0.2) is 9.97 Å². The summed E-state index contributed by atoms with van der Waals surface area (Å²) in [6.07, 6.45) is 1.33. The summed E-state index contributed by atoms with van der Waals surface area (Å²) in [5.74, 6) is 0.369. The molecule has 5 rings (SSSR count). The minimum Gasteiger partial charge on any atom is -0.348 e. The summed E-state index contributed by atoms with van der Waals surface area (Å²) in [5, 5.41) is 16.0. The van der Waals surface area contributed by atoms with Gasteiger partial charge in [0.15, 0.2) is 0 Å². The van der Waals surface area contributed by atoms with Gasteiger partial charge in [0, 0.05) is 41.9 Å². The van der Waals surface area contributed by atoms with Crippen molar-refractivity contribution in [2.45, 2.75) is 6.04 Å². The summed E-state index contributed by atoms with van der Waals surface area (Å²) < 4.78 is 0. The molecule has 0 radical (unpaired) electrons. The molecule has 1 saturated heterocycles. The average Bonchev–Trinajstić information content (AvgIpc) is 2.90. The number of halogens is 2. The molecule has 188 valence electrons. The van der Waals surface area contributed by atoms with Crippen LogP contribution in [0.25, 0.3) is 0 Å². The minimum absolute atomic E-state index is 0.0854. The highest BCUT2D eigenvalue weighted by molar-refractivity contribution is 6.35. The second kappa shape index (κ2) is 11.1. The van der Waals surface area contributed by atoms with Crippen LogP contribution in [0.2, 0.25) is 10.0 Å². The molecule has 0 bridgehead atoms. The number of benzene rings is 3. The van der Waals surface area contributed by atoms with E-state index in [1.807, 2.05) is 41.3 Å². The van der Waals surface area contributed by atoms with Crippen LogP contribution in [0.5, 0.6) is 0 Å². The molecule has 1 fully saturated rings. The van der Waals surface area contributed by atoms with Gasteiger partial charge in [-0.1, -0.05) is 83.9 Å². The van der Waals surface area contributed by atoms with E-state index in [4.69, 9.17) is 23.2 Å². The Morgan fingerprint density at radius 1 is 0.838 bits per heavy atom. The number of nitro groups is 1. The van der Waals surface area contributed by atoms with Crippen LogP contribution in [0, 0.1) is 10.1 Å². The largest absolute Gasteiger partial charge is 0.353 e. The molecule has 0 saturated carbocycles. The van der Waals surface area contributed by atoms with Crippen LogP contribution in [0.1, 0.15) is 17.2 Å². The Balaban J connectivity index is 1.39. The maximum Gasteiger partial charge on any atom is 0.353 e. The summed E-state index contributed by atoms with van der Waals surface area (Å²) in [6.45, 7) is 2.58. The quantitative estimate of drug-likeness (QED) is 0.218. The second-order valence-corrected chi connectivity index (χ2v) is 9.55. The number of piperazine rings is 1. The van der Waals surface area contributed by atoms with E-state index >= 15 is 0 Å². The van der Waals surface area contributed by atoms with E-state index in [9.17, 15) is 10.1 Å². The monoisotopic (exact) mass is 534 g/mol. The van der Waals surface area contributed by atoms with Gasteiger partial charge in [0.2, 0.25) is 11.6 Å². The zero-order valence-electron chi connectivity index (χ0n) is 19.8. The number of hydrogen-bond acceptors (Lipinski definition) is 7. The standard InChI is InChI=1S/C27H24Cl2N6O2/c28-21-15-22(29)17-23(16-21)32-26-25(35(36)37)27(31-18-30-26)34-13-11-33(12-14-34)24(19-7-3-1-4-8-19)20-9-5-2-6-10-20/h1-10,15-18,24H,11-14H2,(H,30,31,32). The normalized spacial score (nSPS) is 14.1. The van der Waals surface area contributed by atoms with E-state index in [0.29, 0.717) is 41.9 Å². The Morgan fingerprint density at radius 2 is 1.41 bits per heavy atom. The lowest BCUT2D eigenvalue weighted by Crippen LogP contribution is -2.48. The van der Waals surface area contributed by atoms with E-state index in [1.165, 1.54) is 17.5 Å². The predicted molar refractivity (Wildman–Crippen MR) is 147 cm³/mol. The molecule has 0 spiro atoms. The van der Waals surface area contributed by atoms with Gasteiger partial charge in [0.05, 0.1) is 11.0 Å². The molecule has 1 aliphatic heterocycles. The maximum atomic E-state index is 12.1. The molecule has 8 nitrogen and oxygen atoms in total. The molecule has 1 aliphatic rings. The van der Waals surface area contributed by atoms with Gasteiger partial charge in [-0.2, -0.15) is 0 Å². The molecule has 1 aromatic heterocycles. The zero-order chi connectivity index (χ0) is 25.8. The van der Waals surface area contributed by atoms with Crippen LogP contribution in [0.15, 0.2) is 85.2 Å². The molecule has 0 unspecified atom stereocenters. The Morgan fingerprint density at radius 3 is 1.95 bits per heavy atom. The molecule has 0 amide bonds. The summed E-state index contributed by atoms with van der Waals surface area (Å²) >= 11 is 12.2. The first-order valence-corrected chi connectivity index (χ1v) is 12.6. The molecular formula is C27H24Cl2N6O2. The van der Waals surface area contributed by atoms with Crippen LogP contribution in [-0.4, -0.2) is 46.0 Å². The maximum absolute atomic E-state index is 12.1. The molecule has 0 aliphatic carbocycles. The van der Waals surface area contributed by atoms with Gasteiger partial charge in [0.25, 0.3) is 0 Å². The Hall–Kier alpha value is -3.72. The van der Waals surface area contributed by atoms with Gasteiger partial charge < -0.3 is 10.2 Å². The average molecular weight is 535 g/mol. The number of hydrogen-bond donors (Lipinski definition) is 1. The second-order valence-electron chi connectivity index (χ2n) is 8.68. The van der Waals surface area contributed by atoms with E-state index in [-0.39, 0.29) is 23.4 Å². The van der Waals surface area contributed by atoms with Gasteiger partial charge in [-0.05, 0) is 29.3 Å². The fourth-order valence-electron chi connectivity index (χ4n) is 4.70. The molecule has 0 atom stereocenters. The van der Waals surface area contributed by atoms with Crippen molar-refractivity contribution in [2.24, 2.45) is 0 Å². The molecule has 10 heteroatoms. The SMILES string of the molecule is O=[N+]([O-])c1c(Nc2cc(Cl)cc(Cl)c2)ncnc1N1CCN(C(c2ccccc2)c2ccccc2)CC1. The fraction of sp³-hybridized carbons (Fsp3) is 0.185. The van der Waals surface area contributed by atoms with Crippen LogP contribution >= 0.6 is 23.2 Å². The van der Waals surface area contributed by atoms with E-state index in [1.54, 1.807) is 18.2 Å². The van der Waals surface area contributed by atoms with Crippen molar-refractivity contribution in [2.75, 3.05) is 36.4 Å². The van der Waals surface area contributed by atoms with Gasteiger partial charge in [-0.3, -0.25) is 15.0 Å².